The van der Waals surface area contributed by atoms with Gasteiger partial charge in [-0.05, 0) is 105 Å². The molecule has 4 heterocycles. The van der Waals surface area contributed by atoms with Gasteiger partial charge in [-0.3, -0.25) is 23.8 Å². The van der Waals surface area contributed by atoms with Crippen LogP contribution in [0.3, 0.4) is 0 Å². The molecule has 284 valence electrons. The van der Waals surface area contributed by atoms with Crippen molar-refractivity contribution in [3.8, 4) is 0 Å². The fraction of sp³-hybridized carbons (Fsp3) is 0.564. The number of carbonyl (C=O) groups excluding carboxylic acids is 3. The van der Waals surface area contributed by atoms with E-state index in [1.165, 1.54) is 23.8 Å². The molecule has 3 amide bonds. The molecule has 8 rings (SSSR count). The van der Waals surface area contributed by atoms with E-state index in [0.29, 0.717) is 61.6 Å². The molecule has 2 aliphatic carbocycles. The highest BCUT2D eigenvalue weighted by Crippen LogP contribution is 2.55. The lowest BCUT2D eigenvalue weighted by molar-refractivity contribution is -0.148. The maximum atomic E-state index is 14.7. The molecule has 5 fully saturated rings. The van der Waals surface area contributed by atoms with Crippen molar-refractivity contribution in [3.05, 3.63) is 70.6 Å². The largest absolute Gasteiger partial charge is 0.363 e. The molecule has 53 heavy (non-hydrogen) atoms. The van der Waals surface area contributed by atoms with Crippen LogP contribution in [0.4, 0.5) is 8.78 Å². The molecule has 14 heteroatoms. The van der Waals surface area contributed by atoms with Crippen LogP contribution in [0.5, 0.6) is 0 Å². The third-order valence-electron chi connectivity index (χ3n) is 12.6. The average molecular weight is 769 g/mol. The van der Waals surface area contributed by atoms with Gasteiger partial charge in [0.1, 0.15) is 18.3 Å². The summed E-state index contributed by atoms with van der Waals surface area (Å²) < 4.78 is 40.7. The molecule has 3 aromatic rings. The second-order valence-electron chi connectivity index (χ2n) is 15.9. The van der Waals surface area contributed by atoms with Crippen LogP contribution in [0, 0.1) is 0 Å². The molecule has 0 radical (unpaired) electrons. The monoisotopic (exact) mass is 768 g/mol. The quantitative estimate of drug-likeness (QED) is 0.214. The van der Waals surface area contributed by atoms with E-state index in [9.17, 15) is 37.5 Å². The molecule has 5 aliphatic rings. The van der Waals surface area contributed by atoms with Gasteiger partial charge in [-0.1, -0.05) is 43.3 Å². The van der Waals surface area contributed by atoms with Crippen molar-refractivity contribution in [2.75, 3.05) is 13.1 Å². The summed E-state index contributed by atoms with van der Waals surface area (Å²) in [5.74, 6) is -2.99. The summed E-state index contributed by atoms with van der Waals surface area (Å²) in [7, 11) is -5.01. The minimum atomic E-state index is -5.01. The van der Waals surface area contributed by atoms with Gasteiger partial charge in [-0.25, -0.2) is 8.78 Å². The van der Waals surface area contributed by atoms with E-state index in [1.54, 1.807) is 11.0 Å². The summed E-state index contributed by atoms with van der Waals surface area (Å²) in [6.07, 6.45) is 5.91. The maximum Gasteiger partial charge on any atom is 0.363 e. The highest BCUT2D eigenvalue weighted by molar-refractivity contribution is 7.51. The van der Waals surface area contributed by atoms with Crippen molar-refractivity contribution in [1.82, 2.24) is 20.0 Å². The Morgan fingerprint density at radius 2 is 1.79 bits per heavy atom. The number of nitrogens with zero attached hydrogens (tertiary/aromatic N) is 3. The molecular weight excluding hydrogens is 721 g/mol. The third-order valence-corrected chi connectivity index (χ3v) is 14.6. The van der Waals surface area contributed by atoms with Gasteiger partial charge in [0.25, 0.3) is 5.91 Å². The smallest absolute Gasteiger partial charge is 0.340 e. The van der Waals surface area contributed by atoms with E-state index in [4.69, 9.17) is 0 Å². The number of carbonyl (C=O) groups is 3. The second-order valence-corrected chi connectivity index (χ2v) is 18.6. The Balaban J connectivity index is 1.06. The van der Waals surface area contributed by atoms with Gasteiger partial charge in [0.15, 0.2) is 0 Å². The molecule has 6 atom stereocenters. The van der Waals surface area contributed by atoms with Gasteiger partial charge in [-0.2, -0.15) is 0 Å². The Morgan fingerprint density at radius 1 is 1.04 bits per heavy atom. The molecule has 3 aliphatic heterocycles. The number of hydrogen-bond acceptors (Lipinski definition) is 6. The van der Waals surface area contributed by atoms with Crippen LogP contribution in [0.25, 0.3) is 10.1 Å². The first-order valence-corrected chi connectivity index (χ1v) is 21.5. The Hall–Kier alpha value is -3.22. The van der Waals surface area contributed by atoms with Gasteiger partial charge in [0.2, 0.25) is 17.7 Å². The topological polar surface area (TPSA) is 130 Å². The van der Waals surface area contributed by atoms with Gasteiger partial charge in [-0.15, -0.1) is 11.3 Å². The minimum Gasteiger partial charge on any atom is -0.340 e. The van der Waals surface area contributed by atoms with Crippen LogP contribution >= 0.6 is 18.9 Å². The van der Waals surface area contributed by atoms with Crippen molar-refractivity contribution in [1.29, 1.82) is 0 Å². The van der Waals surface area contributed by atoms with E-state index >= 15 is 0 Å². The summed E-state index contributed by atoms with van der Waals surface area (Å²) in [6.45, 7) is 3.44. The average Bonchev–Trinajstić information content (AvgIpc) is 3.42. The Labute approximate surface area is 312 Å². The summed E-state index contributed by atoms with van der Waals surface area (Å²) in [5, 5.41) is 3.45. The molecule has 2 aromatic carbocycles. The predicted molar refractivity (Wildman–Crippen MR) is 198 cm³/mol. The first-order valence-electron chi connectivity index (χ1n) is 19.0. The fourth-order valence-corrected chi connectivity index (χ4v) is 11.2. The number of likely N-dealkylation sites (tertiary alicyclic amines) is 1. The SMILES string of the molecule is CCN(C1CC(F)C1)[C@H]1CCC(NC(=O)c2cc3cc([C@@H](F)P(=O)(O)O)ccc3s2)C(=O)N2[C@H](CC[C@H]2C(=O)N2C[C@H](c3ccccc3)CC23CC3)C1. The Bertz CT molecular complexity index is 1930. The van der Waals surface area contributed by atoms with Crippen LogP contribution < -0.4 is 5.32 Å². The highest BCUT2D eigenvalue weighted by atomic mass is 32.1. The van der Waals surface area contributed by atoms with Crippen LogP contribution in [0.1, 0.15) is 104 Å². The van der Waals surface area contributed by atoms with Crippen molar-refractivity contribution >= 4 is 46.7 Å². The van der Waals surface area contributed by atoms with E-state index in [1.807, 2.05) is 18.2 Å². The highest BCUT2D eigenvalue weighted by Gasteiger charge is 2.58. The van der Waals surface area contributed by atoms with E-state index in [2.05, 4.69) is 34.2 Å². The van der Waals surface area contributed by atoms with Gasteiger partial charge >= 0.3 is 7.60 Å². The summed E-state index contributed by atoms with van der Waals surface area (Å²) in [4.78, 5) is 68.4. The molecule has 2 saturated carbocycles. The summed E-state index contributed by atoms with van der Waals surface area (Å²) in [6, 6.07) is 14.5. The number of fused-ring (bicyclic) bond motifs is 2. The first kappa shape index (κ1) is 36.7. The standard InChI is InChI=1S/C39H47F2N4O6PS/c1-2-43(30-18-27(40)19-30)28-9-11-31(42-36(46)34-17-25-16-24(8-13-33(25)53-34)35(41)52(49,50)51)37(47)45-29(20-28)10-12-32(45)38(48)44-22-26(21-39(44)14-15-39)23-6-4-3-5-7-23/h3-8,13,16-17,26-32,35H,2,9-12,14-15,18-22H2,1H3,(H,42,46)(H2,49,50,51)/t26-,27?,28+,29-,30?,31?,32+,35+/m1/s1. The number of benzene rings is 2. The number of hydrogen-bond donors (Lipinski definition) is 3. The Morgan fingerprint density at radius 3 is 2.47 bits per heavy atom. The molecule has 3 N–H and O–H groups in total. The molecule has 1 aromatic heterocycles. The lowest BCUT2D eigenvalue weighted by atomic mass is 9.85. The molecule has 3 saturated heterocycles. The molecule has 10 nitrogen and oxygen atoms in total. The zero-order chi connectivity index (χ0) is 37.2. The maximum absolute atomic E-state index is 14.7. The normalized spacial score (nSPS) is 30.2. The van der Waals surface area contributed by atoms with E-state index < -0.39 is 37.7 Å². The van der Waals surface area contributed by atoms with E-state index in [0.717, 1.165) is 37.1 Å². The Kier molecular flexibility index (Phi) is 9.79. The van der Waals surface area contributed by atoms with Gasteiger partial charge in [0, 0.05) is 40.8 Å². The van der Waals surface area contributed by atoms with Crippen molar-refractivity contribution in [3.63, 3.8) is 0 Å². The summed E-state index contributed by atoms with van der Waals surface area (Å²) in [5.41, 5.74) is 0.874. The number of amides is 3. The second kappa shape index (κ2) is 14.1. The van der Waals surface area contributed by atoms with Crippen LogP contribution in [0.15, 0.2) is 54.6 Å². The van der Waals surface area contributed by atoms with Gasteiger partial charge in [0.05, 0.1) is 4.88 Å². The number of thiophene rings is 1. The predicted octanol–water partition coefficient (Wildman–Crippen LogP) is 6.43. The third kappa shape index (κ3) is 6.97. The van der Waals surface area contributed by atoms with Crippen molar-refractivity contribution in [2.24, 2.45) is 0 Å². The molecule has 0 bridgehead atoms. The number of nitrogens with one attached hydrogen (secondary N) is 1. The first-order chi connectivity index (χ1) is 25.3. The van der Waals surface area contributed by atoms with Crippen LogP contribution in [0.2, 0.25) is 0 Å². The minimum absolute atomic E-state index is 0.00706. The number of halogens is 2. The summed E-state index contributed by atoms with van der Waals surface area (Å²) >= 11 is 1.14. The molecule has 1 unspecified atom stereocenters. The van der Waals surface area contributed by atoms with Crippen LogP contribution in [-0.4, -0.2) is 97.2 Å². The van der Waals surface area contributed by atoms with Gasteiger partial charge < -0.3 is 24.9 Å². The number of rotatable bonds is 9. The lowest BCUT2D eigenvalue weighted by Gasteiger charge is -2.47. The molecular formula is C39H47F2N4O6PS. The lowest BCUT2D eigenvalue weighted by Crippen LogP contribution is -2.60. The van der Waals surface area contributed by atoms with Crippen LogP contribution in [-0.2, 0) is 14.2 Å². The van der Waals surface area contributed by atoms with Crippen molar-refractivity contribution < 1.29 is 37.5 Å². The zero-order valence-corrected chi connectivity index (χ0v) is 31.5. The fourth-order valence-electron chi connectivity index (χ4n) is 9.69. The van der Waals surface area contributed by atoms with Crippen molar-refractivity contribution in [2.45, 2.75) is 125 Å². The molecule has 1 spiro atoms. The van der Waals surface area contributed by atoms with E-state index in [-0.39, 0.29) is 51.8 Å². The number of alkyl halides is 2. The zero-order valence-electron chi connectivity index (χ0n) is 29.8.